The van der Waals surface area contributed by atoms with Gasteiger partial charge in [-0.05, 0) is 47.8 Å². The van der Waals surface area contributed by atoms with Gasteiger partial charge in [-0.1, -0.05) is 6.07 Å². The molecule has 4 nitrogen and oxygen atoms in total. The minimum absolute atomic E-state index is 0.0192. The fraction of sp³-hybridized carbons (Fsp3) is 0.500. The Morgan fingerprint density at radius 3 is 3.12 bits per heavy atom. The molecule has 5 heteroatoms. The van der Waals surface area contributed by atoms with Crippen molar-refractivity contribution in [1.82, 2.24) is 10.3 Å². The number of pyridine rings is 1. The predicted octanol–water partition coefficient (Wildman–Crippen LogP) is 2.14. The lowest BCUT2D eigenvalue weighted by atomic mass is 10.1. The molecule has 1 fully saturated rings. The molecule has 0 aliphatic carbocycles. The SMILES string of the molecule is CC(NC(=O)c1cccc(Br)n1)C1CCCO1. The van der Waals surface area contributed by atoms with E-state index in [1.165, 1.54) is 0 Å². The minimum Gasteiger partial charge on any atom is -0.376 e. The van der Waals surface area contributed by atoms with Gasteiger partial charge in [0.1, 0.15) is 10.3 Å². The number of nitrogens with zero attached hydrogens (tertiary/aromatic N) is 1. The van der Waals surface area contributed by atoms with Crippen molar-refractivity contribution in [3.8, 4) is 0 Å². The van der Waals surface area contributed by atoms with Gasteiger partial charge < -0.3 is 10.1 Å². The molecule has 2 atom stereocenters. The molecule has 0 aromatic carbocycles. The van der Waals surface area contributed by atoms with E-state index in [9.17, 15) is 4.79 Å². The topological polar surface area (TPSA) is 51.2 Å². The van der Waals surface area contributed by atoms with Gasteiger partial charge in [0.2, 0.25) is 0 Å². The normalized spacial score (nSPS) is 21.2. The summed E-state index contributed by atoms with van der Waals surface area (Å²) in [6.45, 7) is 2.76. The van der Waals surface area contributed by atoms with Crippen LogP contribution in [0.5, 0.6) is 0 Å². The van der Waals surface area contributed by atoms with Crippen LogP contribution in [0.1, 0.15) is 30.3 Å². The van der Waals surface area contributed by atoms with Crippen LogP contribution in [0.3, 0.4) is 0 Å². The van der Waals surface area contributed by atoms with Crippen molar-refractivity contribution in [2.45, 2.75) is 31.9 Å². The Morgan fingerprint density at radius 2 is 2.47 bits per heavy atom. The van der Waals surface area contributed by atoms with E-state index in [4.69, 9.17) is 4.74 Å². The molecule has 1 amide bonds. The van der Waals surface area contributed by atoms with Crippen LogP contribution in [-0.4, -0.2) is 29.6 Å². The zero-order valence-corrected chi connectivity index (χ0v) is 11.2. The van der Waals surface area contributed by atoms with Gasteiger partial charge in [-0.2, -0.15) is 0 Å². The molecule has 1 saturated heterocycles. The van der Waals surface area contributed by atoms with Gasteiger partial charge in [0.05, 0.1) is 12.1 Å². The number of aromatic nitrogens is 1. The molecule has 0 radical (unpaired) electrons. The first kappa shape index (κ1) is 12.5. The van der Waals surface area contributed by atoms with Gasteiger partial charge in [0.15, 0.2) is 0 Å². The maximum Gasteiger partial charge on any atom is 0.270 e. The third-order valence-corrected chi connectivity index (χ3v) is 3.27. The number of ether oxygens (including phenoxy) is 1. The van der Waals surface area contributed by atoms with Gasteiger partial charge in [0, 0.05) is 6.61 Å². The molecule has 1 N–H and O–H groups in total. The molecule has 1 aromatic rings. The summed E-state index contributed by atoms with van der Waals surface area (Å²) < 4.78 is 6.19. The Hall–Kier alpha value is -0.940. The summed E-state index contributed by atoms with van der Waals surface area (Å²) in [5, 5.41) is 2.92. The van der Waals surface area contributed by atoms with Crippen LogP contribution in [-0.2, 0) is 4.74 Å². The highest BCUT2D eigenvalue weighted by Crippen LogP contribution is 2.15. The summed E-state index contributed by atoms with van der Waals surface area (Å²) in [6, 6.07) is 5.30. The van der Waals surface area contributed by atoms with E-state index in [-0.39, 0.29) is 18.1 Å². The van der Waals surface area contributed by atoms with Crippen LogP contribution in [0.25, 0.3) is 0 Å². The van der Waals surface area contributed by atoms with Crippen molar-refractivity contribution in [2.75, 3.05) is 6.61 Å². The lowest BCUT2D eigenvalue weighted by Gasteiger charge is -2.19. The molecule has 2 heterocycles. The predicted molar refractivity (Wildman–Crippen MR) is 67.8 cm³/mol. The molecule has 17 heavy (non-hydrogen) atoms. The molecule has 1 aliphatic rings. The molecular weight excluding hydrogens is 284 g/mol. The van der Waals surface area contributed by atoms with Crippen molar-refractivity contribution in [1.29, 1.82) is 0 Å². The number of amides is 1. The Bertz CT molecular complexity index is 405. The second kappa shape index (κ2) is 5.60. The highest BCUT2D eigenvalue weighted by molar-refractivity contribution is 9.10. The number of halogens is 1. The van der Waals surface area contributed by atoms with Gasteiger partial charge >= 0.3 is 0 Å². The average Bonchev–Trinajstić information content (AvgIpc) is 2.82. The maximum atomic E-state index is 11.9. The zero-order chi connectivity index (χ0) is 12.3. The molecular formula is C12H15BrN2O2. The largest absolute Gasteiger partial charge is 0.376 e. The minimum atomic E-state index is -0.158. The summed E-state index contributed by atoms with van der Waals surface area (Å²) in [5.74, 6) is -0.158. The summed E-state index contributed by atoms with van der Waals surface area (Å²) in [6.07, 6.45) is 2.21. The zero-order valence-electron chi connectivity index (χ0n) is 9.65. The third kappa shape index (κ3) is 3.26. The van der Waals surface area contributed by atoms with Gasteiger partial charge in [-0.25, -0.2) is 4.98 Å². The van der Waals surface area contributed by atoms with Gasteiger partial charge in [-0.15, -0.1) is 0 Å². The monoisotopic (exact) mass is 298 g/mol. The Kier molecular flexibility index (Phi) is 4.12. The number of rotatable bonds is 3. The van der Waals surface area contributed by atoms with Crippen molar-refractivity contribution >= 4 is 21.8 Å². The van der Waals surface area contributed by atoms with Crippen molar-refractivity contribution in [2.24, 2.45) is 0 Å². The summed E-state index contributed by atoms with van der Waals surface area (Å²) in [4.78, 5) is 16.0. The van der Waals surface area contributed by atoms with Crippen LogP contribution >= 0.6 is 15.9 Å². The van der Waals surface area contributed by atoms with Crippen LogP contribution in [0.4, 0.5) is 0 Å². The number of hydrogen-bond acceptors (Lipinski definition) is 3. The maximum absolute atomic E-state index is 11.9. The summed E-state index contributed by atoms with van der Waals surface area (Å²) in [5.41, 5.74) is 0.421. The first-order valence-electron chi connectivity index (χ1n) is 5.72. The van der Waals surface area contributed by atoms with Crippen LogP contribution in [0.2, 0.25) is 0 Å². The number of carbonyl (C=O) groups excluding carboxylic acids is 1. The lowest BCUT2D eigenvalue weighted by Crippen LogP contribution is -2.41. The van der Waals surface area contributed by atoms with E-state index in [1.807, 2.05) is 6.92 Å². The molecule has 2 rings (SSSR count). The van der Waals surface area contributed by atoms with Crippen LogP contribution in [0, 0.1) is 0 Å². The van der Waals surface area contributed by atoms with Crippen LogP contribution in [0.15, 0.2) is 22.8 Å². The summed E-state index contributed by atoms with van der Waals surface area (Å²) >= 11 is 3.25. The first-order valence-corrected chi connectivity index (χ1v) is 6.51. The quantitative estimate of drug-likeness (QED) is 0.870. The Morgan fingerprint density at radius 1 is 1.65 bits per heavy atom. The number of hydrogen-bond donors (Lipinski definition) is 1. The Labute approximate surface area is 109 Å². The fourth-order valence-electron chi connectivity index (χ4n) is 1.91. The lowest BCUT2D eigenvalue weighted by molar-refractivity contribution is 0.0709. The second-order valence-electron chi connectivity index (χ2n) is 4.16. The Balaban J connectivity index is 1.96. The number of nitrogens with one attached hydrogen (secondary N) is 1. The van der Waals surface area contributed by atoms with Crippen LogP contribution < -0.4 is 5.32 Å². The molecule has 1 aliphatic heterocycles. The standard InChI is InChI=1S/C12H15BrN2O2/c1-8(10-5-3-7-17-10)14-12(16)9-4-2-6-11(13)15-9/h2,4,6,8,10H,3,5,7H2,1H3,(H,14,16). The molecule has 92 valence electrons. The fourth-order valence-corrected chi connectivity index (χ4v) is 2.25. The van der Waals surface area contributed by atoms with E-state index < -0.39 is 0 Å². The van der Waals surface area contributed by atoms with E-state index in [1.54, 1.807) is 18.2 Å². The van der Waals surface area contributed by atoms with E-state index in [2.05, 4.69) is 26.2 Å². The summed E-state index contributed by atoms with van der Waals surface area (Å²) in [7, 11) is 0. The van der Waals surface area contributed by atoms with Crippen molar-refractivity contribution in [3.05, 3.63) is 28.5 Å². The molecule has 0 spiro atoms. The third-order valence-electron chi connectivity index (χ3n) is 2.83. The van der Waals surface area contributed by atoms with Crippen molar-refractivity contribution in [3.63, 3.8) is 0 Å². The van der Waals surface area contributed by atoms with Gasteiger partial charge in [-0.3, -0.25) is 4.79 Å². The molecule has 2 unspecified atom stereocenters. The second-order valence-corrected chi connectivity index (χ2v) is 4.97. The van der Waals surface area contributed by atoms with Crippen molar-refractivity contribution < 1.29 is 9.53 Å². The first-order chi connectivity index (χ1) is 8.16. The van der Waals surface area contributed by atoms with Gasteiger partial charge in [0.25, 0.3) is 5.91 Å². The smallest absolute Gasteiger partial charge is 0.270 e. The van der Waals surface area contributed by atoms with E-state index in [0.717, 1.165) is 19.4 Å². The number of carbonyl (C=O) groups is 1. The molecule has 0 saturated carbocycles. The van der Waals surface area contributed by atoms with E-state index in [0.29, 0.717) is 10.3 Å². The highest BCUT2D eigenvalue weighted by atomic mass is 79.9. The highest BCUT2D eigenvalue weighted by Gasteiger charge is 2.24. The average molecular weight is 299 g/mol. The molecule has 1 aromatic heterocycles. The molecule has 0 bridgehead atoms. The van der Waals surface area contributed by atoms with E-state index >= 15 is 0 Å².